The molecule has 2 aromatic carbocycles. The number of aliphatic hydroxyl groups is 1. The highest BCUT2D eigenvalue weighted by Gasteiger charge is 2.57. The fourth-order valence-electron chi connectivity index (χ4n) is 5.42. The first-order chi connectivity index (χ1) is 15.6. The van der Waals surface area contributed by atoms with Gasteiger partial charge >= 0.3 is 0 Å². The number of amides is 1. The highest BCUT2D eigenvalue weighted by atomic mass is 16.5. The average molecular weight is 434 g/mol. The van der Waals surface area contributed by atoms with Crippen LogP contribution in [0.15, 0.2) is 59.9 Å². The van der Waals surface area contributed by atoms with E-state index >= 15 is 0 Å². The number of allylic oxidation sites excluding steroid dienone is 1. The first kappa shape index (κ1) is 20.5. The zero-order chi connectivity index (χ0) is 22.3. The van der Waals surface area contributed by atoms with Crippen LogP contribution in [0.3, 0.4) is 0 Å². The van der Waals surface area contributed by atoms with E-state index in [-0.39, 0.29) is 23.5 Å². The first-order valence-electron chi connectivity index (χ1n) is 11.0. The molecule has 3 atom stereocenters. The number of nitrogens with one attached hydrogen (secondary N) is 1. The van der Waals surface area contributed by atoms with Crippen molar-refractivity contribution in [2.24, 2.45) is 5.92 Å². The second kappa shape index (κ2) is 7.93. The number of rotatable bonds is 4. The van der Waals surface area contributed by atoms with Crippen LogP contribution in [0.25, 0.3) is 6.08 Å². The normalized spacial score (nSPS) is 27.6. The third kappa shape index (κ3) is 3.22. The summed E-state index contributed by atoms with van der Waals surface area (Å²) in [5.74, 6) is 1.65. The molecule has 3 aliphatic rings. The van der Waals surface area contributed by atoms with Crippen molar-refractivity contribution in [1.82, 2.24) is 5.32 Å². The number of benzene rings is 2. The van der Waals surface area contributed by atoms with Gasteiger partial charge < -0.3 is 24.6 Å². The molecular weight excluding hydrogens is 406 g/mol. The lowest BCUT2D eigenvalue weighted by Gasteiger charge is -2.54. The third-order valence-electron chi connectivity index (χ3n) is 6.88. The van der Waals surface area contributed by atoms with Crippen molar-refractivity contribution in [2.45, 2.75) is 37.3 Å². The van der Waals surface area contributed by atoms with Gasteiger partial charge in [-0.3, -0.25) is 4.79 Å². The zero-order valence-electron chi connectivity index (χ0n) is 18.3. The van der Waals surface area contributed by atoms with Gasteiger partial charge in [0.15, 0.2) is 5.72 Å². The lowest BCUT2D eigenvalue weighted by atomic mass is 9.64. The highest BCUT2D eigenvalue weighted by molar-refractivity contribution is 5.98. The van der Waals surface area contributed by atoms with Crippen molar-refractivity contribution < 1.29 is 24.1 Å². The lowest BCUT2D eigenvalue weighted by molar-refractivity contribution is -0.140. The minimum Gasteiger partial charge on any atom is -0.507 e. The summed E-state index contributed by atoms with van der Waals surface area (Å²) in [6.07, 6.45) is 7.11. The fraction of sp³-hybridized carbons (Fsp3) is 0.346. The van der Waals surface area contributed by atoms with E-state index in [0.717, 1.165) is 42.6 Å². The molecule has 2 aromatic rings. The number of methoxy groups -OCH3 is 2. The van der Waals surface area contributed by atoms with E-state index in [1.165, 1.54) is 0 Å². The van der Waals surface area contributed by atoms with Gasteiger partial charge in [0.1, 0.15) is 23.0 Å². The van der Waals surface area contributed by atoms with E-state index in [0.29, 0.717) is 17.1 Å². The Balaban J connectivity index is 1.60. The van der Waals surface area contributed by atoms with Gasteiger partial charge in [-0.15, -0.1) is 0 Å². The van der Waals surface area contributed by atoms with E-state index < -0.39 is 5.72 Å². The molecule has 166 valence electrons. The van der Waals surface area contributed by atoms with Crippen molar-refractivity contribution in [2.75, 3.05) is 14.2 Å². The van der Waals surface area contributed by atoms with Crippen LogP contribution in [0.5, 0.6) is 17.2 Å². The Kier molecular flexibility index (Phi) is 5.08. The Morgan fingerprint density at radius 1 is 1.19 bits per heavy atom. The first-order valence-corrected chi connectivity index (χ1v) is 11.0. The molecule has 0 spiro atoms. The van der Waals surface area contributed by atoms with E-state index in [1.807, 2.05) is 36.4 Å². The maximum absolute atomic E-state index is 13.3. The minimum atomic E-state index is -0.697. The second-order valence-electron chi connectivity index (χ2n) is 8.55. The summed E-state index contributed by atoms with van der Waals surface area (Å²) >= 11 is 0. The predicted molar refractivity (Wildman–Crippen MR) is 121 cm³/mol. The van der Waals surface area contributed by atoms with Crippen LogP contribution in [0, 0.1) is 5.92 Å². The van der Waals surface area contributed by atoms with Gasteiger partial charge in [-0.25, -0.2) is 0 Å². The topological polar surface area (TPSA) is 77.0 Å². The van der Waals surface area contributed by atoms with Gasteiger partial charge in [0, 0.05) is 29.4 Å². The zero-order valence-corrected chi connectivity index (χ0v) is 18.3. The number of aliphatic hydroxyl groups excluding tert-OH is 1. The fourth-order valence-corrected chi connectivity index (χ4v) is 5.42. The number of hydrogen-bond donors (Lipinski definition) is 2. The standard InChI is InChI=1S/C26H27NO5/c1-30-17-11-13-21(31-2)16(15-17)10-12-20(28)24-23-18-7-3-4-9-22(18)32-26(27-25(24)29)14-6-5-8-19(23)26/h3-4,7,9-13,15,19,23,28H,5-6,8,14H2,1-2H3,(H,27,29)/b12-10+,24-20-. The average Bonchev–Trinajstić information content (AvgIpc) is 2.81. The van der Waals surface area contributed by atoms with Crippen molar-refractivity contribution in [1.29, 1.82) is 0 Å². The molecule has 5 rings (SSSR count). The molecule has 32 heavy (non-hydrogen) atoms. The Bertz CT molecular complexity index is 1120. The molecule has 1 aliphatic carbocycles. The number of fused-ring (bicyclic) bond motifs is 2. The summed E-state index contributed by atoms with van der Waals surface area (Å²) in [5, 5.41) is 14.3. The van der Waals surface area contributed by atoms with Crippen LogP contribution in [-0.4, -0.2) is 31.0 Å². The molecule has 1 amide bonds. The molecule has 2 heterocycles. The maximum Gasteiger partial charge on any atom is 0.254 e. The van der Waals surface area contributed by atoms with Crippen LogP contribution < -0.4 is 19.5 Å². The van der Waals surface area contributed by atoms with Crippen LogP contribution in [0.4, 0.5) is 0 Å². The quantitative estimate of drug-likeness (QED) is 0.539. The summed E-state index contributed by atoms with van der Waals surface area (Å²) in [7, 11) is 3.19. The monoisotopic (exact) mass is 433 g/mol. The van der Waals surface area contributed by atoms with Gasteiger partial charge in [0.25, 0.3) is 5.91 Å². The van der Waals surface area contributed by atoms with E-state index in [2.05, 4.69) is 5.32 Å². The van der Waals surface area contributed by atoms with Crippen LogP contribution in [-0.2, 0) is 4.79 Å². The summed E-state index contributed by atoms with van der Waals surface area (Å²) in [6, 6.07) is 13.3. The molecular formula is C26H27NO5. The van der Waals surface area contributed by atoms with Gasteiger partial charge in [-0.2, -0.15) is 0 Å². The summed E-state index contributed by atoms with van der Waals surface area (Å²) in [4.78, 5) is 13.3. The highest BCUT2D eigenvalue weighted by Crippen LogP contribution is 2.55. The summed E-state index contributed by atoms with van der Waals surface area (Å²) < 4.78 is 17.1. The molecule has 2 bridgehead atoms. The van der Waals surface area contributed by atoms with Crippen molar-refractivity contribution in [3.63, 3.8) is 0 Å². The lowest BCUT2D eigenvalue weighted by Crippen LogP contribution is -2.66. The van der Waals surface area contributed by atoms with Crippen LogP contribution in [0.1, 0.15) is 42.7 Å². The Hall–Kier alpha value is -3.41. The van der Waals surface area contributed by atoms with E-state index in [4.69, 9.17) is 14.2 Å². The SMILES string of the molecule is COc1ccc(OC)c(/C=C/C(O)=C2/C(=O)NC34CCCCC3C2c2ccccc2O4)c1. The Morgan fingerprint density at radius 2 is 2.03 bits per heavy atom. The van der Waals surface area contributed by atoms with Gasteiger partial charge in [0.05, 0.1) is 19.8 Å². The summed E-state index contributed by atoms with van der Waals surface area (Å²) in [6.45, 7) is 0. The molecule has 0 aromatic heterocycles. The predicted octanol–water partition coefficient (Wildman–Crippen LogP) is 4.72. The number of carbonyl (C=O) groups is 1. The molecule has 1 saturated heterocycles. The third-order valence-corrected chi connectivity index (χ3v) is 6.88. The van der Waals surface area contributed by atoms with Gasteiger partial charge in [-0.1, -0.05) is 24.6 Å². The molecule has 2 aliphatic heterocycles. The number of carbonyl (C=O) groups excluding carboxylic acids is 1. The van der Waals surface area contributed by atoms with Crippen molar-refractivity contribution >= 4 is 12.0 Å². The van der Waals surface area contributed by atoms with Crippen molar-refractivity contribution in [3.05, 3.63) is 71.0 Å². The van der Waals surface area contributed by atoms with Gasteiger partial charge in [0.2, 0.25) is 0 Å². The molecule has 6 nitrogen and oxygen atoms in total. The second-order valence-corrected chi connectivity index (χ2v) is 8.55. The number of ether oxygens (including phenoxy) is 3. The molecule has 2 fully saturated rings. The Labute approximate surface area is 187 Å². The minimum absolute atomic E-state index is 0.0479. The van der Waals surface area contributed by atoms with Crippen molar-refractivity contribution in [3.8, 4) is 17.2 Å². The molecule has 1 saturated carbocycles. The van der Waals surface area contributed by atoms with E-state index in [1.54, 1.807) is 32.4 Å². The van der Waals surface area contributed by atoms with Gasteiger partial charge in [-0.05, 0) is 49.3 Å². The molecule has 2 N–H and O–H groups in total. The molecule has 3 unspecified atom stereocenters. The number of para-hydroxylation sites is 1. The largest absolute Gasteiger partial charge is 0.507 e. The van der Waals surface area contributed by atoms with E-state index in [9.17, 15) is 9.90 Å². The molecule has 6 heteroatoms. The molecule has 0 radical (unpaired) electrons. The number of hydrogen-bond acceptors (Lipinski definition) is 5. The maximum atomic E-state index is 13.3. The van der Waals surface area contributed by atoms with Crippen LogP contribution in [0.2, 0.25) is 0 Å². The smallest absolute Gasteiger partial charge is 0.254 e. The number of piperidine rings is 1. The summed E-state index contributed by atoms with van der Waals surface area (Å²) in [5.41, 5.74) is 1.40. The van der Waals surface area contributed by atoms with Crippen LogP contribution >= 0.6 is 0 Å². The Morgan fingerprint density at radius 3 is 2.84 bits per heavy atom.